The Labute approximate surface area is 243 Å². The van der Waals surface area contributed by atoms with E-state index >= 15 is 0 Å². The van der Waals surface area contributed by atoms with Crippen LogP contribution in [0.2, 0.25) is 5.02 Å². The molecule has 0 aliphatic rings. The van der Waals surface area contributed by atoms with Crippen molar-refractivity contribution >= 4 is 39.1 Å². The summed E-state index contributed by atoms with van der Waals surface area (Å²) in [7, 11) is -4.14. The monoisotopic (exact) mass is 583 g/mol. The number of nitrogens with one attached hydrogen (secondary N) is 1. The second-order valence-corrected chi connectivity index (χ2v) is 13.3. The Hall–Kier alpha value is -3.36. The number of anilines is 1. The first-order valence-corrected chi connectivity index (χ1v) is 15.0. The fraction of sp³-hybridized carbons (Fsp3) is 0.355. The summed E-state index contributed by atoms with van der Waals surface area (Å²) in [6.45, 7) is 10.9. The molecule has 3 rings (SSSR count). The predicted molar refractivity (Wildman–Crippen MR) is 161 cm³/mol. The Kier molecular flexibility index (Phi) is 10.0. The Balaban J connectivity index is 2.01. The topological polar surface area (TPSA) is 86.8 Å². The lowest BCUT2D eigenvalue weighted by atomic mass is 10.1. The summed E-state index contributed by atoms with van der Waals surface area (Å²) in [5.74, 6) is -0.796. The minimum atomic E-state index is -4.14. The third kappa shape index (κ3) is 8.08. The third-order valence-electron chi connectivity index (χ3n) is 6.61. The van der Waals surface area contributed by atoms with Gasteiger partial charge < -0.3 is 10.2 Å². The second-order valence-electron chi connectivity index (χ2n) is 11.0. The highest BCUT2D eigenvalue weighted by molar-refractivity contribution is 7.92. The second kappa shape index (κ2) is 12.9. The number of halogens is 1. The van der Waals surface area contributed by atoms with Gasteiger partial charge in [-0.3, -0.25) is 13.9 Å². The summed E-state index contributed by atoms with van der Waals surface area (Å²) < 4.78 is 28.9. The molecule has 1 N–H and O–H groups in total. The summed E-state index contributed by atoms with van der Waals surface area (Å²) in [5, 5.41) is 3.34. The lowest BCUT2D eigenvalue weighted by Gasteiger charge is -2.33. The molecular formula is C31H38ClN3O4S. The van der Waals surface area contributed by atoms with Gasteiger partial charge in [-0.05, 0) is 101 Å². The maximum absolute atomic E-state index is 14.0. The maximum Gasteiger partial charge on any atom is 0.264 e. The van der Waals surface area contributed by atoms with Gasteiger partial charge in [-0.25, -0.2) is 8.42 Å². The number of carbonyl (C=O) groups excluding carboxylic acids is 2. The van der Waals surface area contributed by atoms with Crippen LogP contribution in [0.25, 0.3) is 0 Å². The maximum atomic E-state index is 14.0. The molecule has 0 unspecified atom stereocenters. The average molecular weight is 584 g/mol. The third-order valence-corrected chi connectivity index (χ3v) is 8.65. The Morgan fingerprint density at radius 3 is 2.12 bits per heavy atom. The van der Waals surface area contributed by atoms with E-state index in [0.717, 1.165) is 21.0 Å². The molecule has 0 radical (unpaired) electrons. The number of hydrogen-bond acceptors (Lipinski definition) is 4. The molecule has 0 aliphatic carbocycles. The van der Waals surface area contributed by atoms with Crippen molar-refractivity contribution in [3.63, 3.8) is 0 Å². The molecule has 0 heterocycles. The summed E-state index contributed by atoms with van der Waals surface area (Å²) in [5.41, 5.74) is 2.75. The first-order chi connectivity index (χ1) is 18.7. The van der Waals surface area contributed by atoms with E-state index in [4.69, 9.17) is 11.6 Å². The molecule has 0 aliphatic heterocycles. The minimum absolute atomic E-state index is 0.0114. The number of rotatable bonds is 10. The Bertz CT molecular complexity index is 1440. The molecule has 7 nitrogen and oxygen atoms in total. The number of sulfonamides is 1. The lowest BCUT2D eigenvalue weighted by Crippen LogP contribution is -2.55. The summed E-state index contributed by atoms with van der Waals surface area (Å²) in [4.78, 5) is 28.6. The van der Waals surface area contributed by atoms with Crippen molar-refractivity contribution in [2.24, 2.45) is 0 Å². The van der Waals surface area contributed by atoms with E-state index in [1.54, 1.807) is 19.1 Å². The Morgan fingerprint density at radius 2 is 1.55 bits per heavy atom. The van der Waals surface area contributed by atoms with Gasteiger partial charge in [0.25, 0.3) is 10.0 Å². The van der Waals surface area contributed by atoms with Crippen molar-refractivity contribution in [1.29, 1.82) is 0 Å². The molecule has 0 fully saturated rings. The molecule has 40 heavy (non-hydrogen) atoms. The molecule has 0 saturated carbocycles. The largest absolute Gasteiger partial charge is 0.350 e. The molecule has 0 aromatic heterocycles. The number of aryl methyl sites for hydroxylation is 2. The van der Waals surface area contributed by atoms with Gasteiger partial charge in [-0.15, -0.1) is 0 Å². The van der Waals surface area contributed by atoms with Crippen molar-refractivity contribution in [2.45, 2.75) is 64.4 Å². The van der Waals surface area contributed by atoms with E-state index in [2.05, 4.69) is 5.32 Å². The summed E-state index contributed by atoms with van der Waals surface area (Å²) in [6, 6.07) is 19.9. The number of amides is 2. The first kappa shape index (κ1) is 31.2. The SMILES string of the molecule is Cc1ccc(N(CC(=O)N(CCc2ccccc2)[C@H](C)C(=O)NC(C)(C)C)S(=O)(=O)c2ccc(Cl)cc2)cc1C. The van der Waals surface area contributed by atoms with Crippen LogP contribution in [0, 0.1) is 13.8 Å². The smallest absolute Gasteiger partial charge is 0.264 e. The van der Waals surface area contributed by atoms with Crippen LogP contribution in [0.15, 0.2) is 77.7 Å². The van der Waals surface area contributed by atoms with Gasteiger partial charge in [0.2, 0.25) is 11.8 Å². The molecule has 0 saturated heterocycles. The van der Waals surface area contributed by atoms with E-state index in [1.807, 2.05) is 71.0 Å². The van der Waals surface area contributed by atoms with Gasteiger partial charge in [-0.2, -0.15) is 0 Å². The van der Waals surface area contributed by atoms with E-state index in [1.165, 1.54) is 29.2 Å². The van der Waals surface area contributed by atoms with Crippen LogP contribution in [0.5, 0.6) is 0 Å². The van der Waals surface area contributed by atoms with Gasteiger partial charge >= 0.3 is 0 Å². The normalized spacial score (nSPS) is 12.5. The minimum Gasteiger partial charge on any atom is -0.350 e. The van der Waals surface area contributed by atoms with Crippen molar-refractivity contribution in [1.82, 2.24) is 10.2 Å². The van der Waals surface area contributed by atoms with Crippen LogP contribution < -0.4 is 9.62 Å². The number of hydrogen-bond donors (Lipinski definition) is 1. The van der Waals surface area contributed by atoms with E-state index < -0.39 is 34.1 Å². The van der Waals surface area contributed by atoms with Gasteiger partial charge in [-0.1, -0.05) is 48.0 Å². The first-order valence-electron chi connectivity index (χ1n) is 13.2. The molecule has 0 spiro atoms. The number of nitrogens with zero attached hydrogens (tertiary/aromatic N) is 2. The predicted octanol–water partition coefficient (Wildman–Crippen LogP) is 5.53. The average Bonchev–Trinajstić information content (AvgIpc) is 2.88. The van der Waals surface area contributed by atoms with Crippen molar-refractivity contribution in [3.05, 3.63) is 94.5 Å². The molecule has 2 amide bonds. The van der Waals surface area contributed by atoms with Crippen LogP contribution in [0.4, 0.5) is 5.69 Å². The van der Waals surface area contributed by atoms with Crippen molar-refractivity contribution < 1.29 is 18.0 Å². The highest BCUT2D eigenvalue weighted by Crippen LogP contribution is 2.27. The van der Waals surface area contributed by atoms with Crippen LogP contribution in [0.3, 0.4) is 0 Å². The molecule has 1 atom stereocenters. The zero-order valence-electron chi connectivity index (χ0n) is 23.9. The molecule has 3 aromatic carbocycles. The molecule has 0 bridgehead atoms. The van der Waals surface area contributed by atoms with Gasteiger partial charge in [0, 0.05) is 17.1 Å². The lowest BCUT2D eigenvalue weighted by molar-refractivity contribution is -0.139. The summed E-state index contributed by atoms with van der Waals surface area (Å²) in [6.07, 6.45) is 0.507. The number of carbonyl (C=O) groups is 2. The standard InChI is InChI=1S/C31H38ClN3O4S/c1-22-12-15-27(20-23(22)2)35(40(38,39)28-16-13-26(32)14-17-28)21-29(36)34(19-18-25-10-8-7-9-11-25)24(3)30(37)33-31(4,5)6/h7-17,20,24H,18-19,21H2,1-6H3,(H,33,37)/t24-/m1/s1. The van der Waals surface area contributed by atoms with Gasteiger partial charge in [0.15, 0.2) is 0 Å². The molecule has 3 aromatic rings. The van der Waals surface area contributed by atoms with Crippen molar-refractivity contribution in [3.8, 4) is 0 Å². The zero-order valence-corrected chi connectivity index (χ0v) is 25.5. The van der Waals surface area contributed by atoms with Crippen LogP contribution in [0.1, 0.15) is 44.4 Å². The van der Waals surface area contributed by atoms with Crippen LogP contribution in [-0.4, -0.2) is 49.8 Å². The molecular weight excluding hydrogens is 546 g/mol. The van der Waals surface area contributed by atoms with E-state index in [0.29, 0.717) is 17.1 Å². The van der Waals surface area contributed by atoms with Crippen LogP contribution in [-0.2, 0) is 26.0 Å². The molecule has 9 heteroatoms. The highest BCUT2D eigenvalue weighted by atomic mass is 35.5. The molecule has 214 valence electrons. The van der Waals surface area contributed by atoms with E-state index in [9.17, 15) is 18.0 Å². The fourth-order valence-electron chi connectivity index (χ4n) is 4.19. The quantitative estimate of drug-likeness (QED) is 0.340. The summed E-state index contributed by atoms with van der Waals surface area (Å²) >= 11 is 6.01. The van der Waals surface area contributed by atoms with Gasteiger partial charge in [0.05, 0.1) is 10.6 Å². The zero-order chi connectivity index (χ0) is 29.7. The van der Waals surface area contributed by atoms with E-state index in [-0.39, 0.29) is 17.3 Å². The highest BCUT2D eigenvalue weighted by Gasteiger charge is 2.33. The van der Waals surface area contributed by atoms with Gasteiger partial charge in [0.1, 0.15) is 12.6 Å². The number of benzene rings is 3. The van der Waals surface area contributed by atoms with Crippen molar-refractivity contribution in [2.75, 3.05) is 17.4 Å². The Morgan fingerprint density at radius 1 is 0.925 bits per heavy atom. The fourth-order valence-corrected chi connectivity index (χ4v) is 5.72. The van der Waals surface area contributed by atoms with Crippen LogP contribution >= 0.6 is 11.6 Å².